The number of nitrogens with one attached hydrogen (secondary N) is 1. The lowest BCUT2D eigenvalue weighted by Crippen LogP contribution is -2.47. The van der Waals surface area contributed by atoms with Crippen LogP contribution in [0, 0.1) is 0 Å². The summed E-state index contributed by atoms with van der Waals surface area (Å²) in [7, 11) is 1.45. The first-order valence-electron chi connectivity index (χ1n) is 5.37. The minimum atomic E-state index is -0.238. The third kappa shape index (κ3) is 4.10. The SMILES string of the molecule is COC(=O)C(c1ccsc1)N1CCNCC1.Cl.Cl. The number of ether oxygens (including phenoxy) is 1. The molecular weight excluding hydrogens is 295 g/mol. The summed E-state index contributed by atoms with van der Waals surface area (Å²) in [5.41, 5.74) is 1.04. The molecule has 1 unspecified atom stereocenters. The monoisotopic (exact) mass is 312 g/mol. The van der Waals surface area contributed by atoms with E-state index in [-0.39, 0.29) is 36.8 Å². The van der Waals surface area contributed by atoms with E-state index < -0.39 is 0 Å². The van der Waals surface area contributed by atoms with E-state index in [9.17, 15) is 4.79 Å². The Bertz CT molecular complexity index is 343. The number of piperazine rings is 1. The molecule has 1 atom stereocenters. The number of methoxy groups -OCH3 is 1. The Morgan fingerprint density at radius 3 is 2.61 bits per heavy atom. The molecule has 1 fully saturated rings. The van der Waals surface area contributed by atoms with Crippen LogP contribution in [0.4, 0.5) is 0 Å². The summed E-state index contributed by atoms with van der Waals surface area (Å²) in [5.74, 6) is -0.166. The molecule has 2 heterocycles. The largest absolute Gasteiger partial charge is 0.468 e. The molecule has 0 aliphatic carbocycles. The molecule has 104 valence electrons. The average Bonchev–Trinajstić information content (AvgIpc) is 2.84. The van der Waals surface area contributed by atoms with Crippen LogP contribution in [0.25, 0.3) is 0 Å². The molecular formula is C11H18Cl2N2O2S. The van der Waals surface area contributed by atoms with Crippen LogP contribution in [0.5, 0.6) is 0 Å². The van der Waals surface area contributed by atoms with Gasteiger partial charge < -0.3 is 10.1 Å². The highest BCUT2D eigenvalue weighted by Gasteiger charge is 2.29. The zero-order valence-corrected chi connectivity index (χ0v) is 12.6. The molecule has 18 heavy (non-hydrogen) atoms. The van der Waals surface area contributed by atoms with E-state index in [4.69, 9.17) is 4.74 Å². The maximum absolute atomic E-state index is 11.8. The second-order valence-corrected chi connectivity index (χ2v) is 4.55. The molecule has 0 radical (unpaired) electrons. The fourth-order valence-electron chi connectivity index (χ4n) is 1.98. The number of thiophene rings is 1. The molecule has 1 aliphatic rings. The Morgan fingerprint density at radius 2 is 2.11 bits per heavy atom. The maximum Gasteiger partial charge on any atom is 0.327 e. The summed E-state index contributed by atoms with van der Waals surface area (Å²) in [6, 6.07) is 1.76. The molecule has 0 aromatic carbocycles. The first kappa shape index (κ1) is 17.7. The molecule has 7 heteroatoms. The molecule has 1 saturated heterocycles. The minimum Gasteiger partial charge on any atom is -0.468 e. The minimum absolute atomic E-state index is 0. The Kier molecular flexibility index (Phi) is 8.56. The first-order chi connectivity index (χ1) is 7.83. The Hall–Kier alpha value is -0.330. The molecule has 1 N–H and O–H groups in total. The van der Waals surface area contributed by atoms with Crippen molar-refractivity contribution in [1.29, 1.82) is 0 Å². The number of carbonyl (C=O) groups excluding carboxylic acids is 1. The highest BCUT2D eigenvalue weighted by Crippen LogP contribution is 2.24. The molecule has 0 bridgehead atoms. The van der Waals surface area contributed by atoms with Crippen LogP contribution >= 0.6 is 36.2 Å². The van der Waals surface area contributed by atoms with Crippen molar-refractivity contribution in [3.8, 4) is 0 Å². The molecule has 1 aromatic rings. The lowest BCUT2D eigenvalue weighted by molar-refractivity contribution is -0.147. The number of nitrogens with zero attached hydrogens (tertiary/aromatic N) is 1. The highest BCUT2D eigenvalue weighted by molar-refractivity contribution is 7.08. The predicted octanol–water partition coefficient (Wildman–Crippen LogP) is 1.71. The normalized spacial score (nSPS) is 17.2. The summed E-state index contributed by atoms with van der Waals surface area (Å²) in [6.07, 6.45) is 0. The number of rotatable bonds is 3. The van der Waals surface area contributed by atoms with E-state index in [1.54, 1.807) is 11.3 Å². The first-order valence-corrected chi connectivity index (χ1v) is 6.32. The molecule has 0 amide bonds. The summed E-state index contributed by atoms with van der Waals surface area (Å²) in [6.45, 7) is 3.63. The number of hydrogen-bond acceptors (Lipinski definition) is 5. The van der Waals surface area contributed by atoms with E-state index in [2.05, 4.69) is 10.2 Å². The predicted molar refractivity (Wildman–Crippen MR) is 78.0 cm³/mol. The Morgan fingerprint density at radius 1 is 1.44 bits per heavy atom. The second kappa shape index (κ2) is 8.72. The third-order valence-corrected chi connectivity index (χ3v) is 3.50. The van der Waals surface area contributed by atoms with Crippen molar-refractivity contribution in [2.24, 2.45) is 0 Å². The van der Waals surface area contributed by atoms with Gasteiger partial charge in [-0.2, -0.15) is 11.3 Å². The van der Waals surface area contributed by atoms with Gasteiger partial charge in [0.2, 0.25) is 0 Å². The van der Waals surface area contributed by atoms with Gasteiger partial charge in [0.15, 0.2) is 0 Å². The van der Waals surface area contributed by atoms with Crippen molar-refractivity contribution in [3.05, 3.63) is 22.4 Å². The van der Waals surface area contributed by atoms with Gasteiger partial charge >= 0.3 is 5.97 Å². The van der Waals surface area contributed by atoms with Gasteiger partial charge in [-0.3, -0.25) is 4.90 Å². The van der Waals surface area contributed by atoms with Crippen LogP contribution in [0.2, 0.25) is 0 Å². The van der Waals surface area contributed by atoms with Crippen molar-refractivity contribution in [3.63, 3.8) is 0 Å². The van der Waals surface area contributed by atoms with Gasteiger partial charge in [-0.25, -0.2) is 4.79 Å². The lowest BCUT2D eigenvalue weighted by Gasteiger charge is -2.32. The van der Waals surface area contributed by atoms with Crippen LogP contribution in [0.15, 0.2) is 16.8 Å². The van der Waals surface area contributed by atoms with Gasteiger partial charge in [0, 0.05) is 26.2 Å². The summed E-state index contributed by atoms with van der Waals surface area (Å²) >= 11 is 1.61. The maximum atomic E-state index is 11.8. The van der Waals surface area contributed by atoms with Crippen LogP contribution < -0.4 is 5.32 Å². The van der Waals surface area contributed by atoms with Gasteiger partial charge in [-0.15, -0.1) is 24.8 Å². The summed E-state index contributed by atoms with van der Waals surface area (Å²) in [5, 5.41) is 7.29. The van der Waals surface area contributed by atoms with Crippen molar-refractivity contribution in [1.82, 2.24) is 10.2 Å². The third-order valence-electron chi connectivity index (χ3n) is 2.80. The summed E-state index contributed by atoms with van der Waals surface area (Å²) < 4.78 is 4.89. The van der Waals surface area contributed by atoms with E-state index in [0.29, 0.717) is 0 Å². The molecule has 1 aliphatic heterocycles. The zero-order chi connectivity index (χ0) is 11.4. The van der Waals surface area contributed by atoms with Crippen LogP contribution in [-0.4, -0.2) is 44.2 Å². The van der Waals surface area contributed by atoms with Gasteiger partial charge in [-0.1, -0.05) is 0 Å². The Labute approximate surface area is 124 Å². The van der Waals surface area contributed by atoms with Gasteiger partial charge in [0.25, 0.3) is 0 Å². The standard InChI is InChI=1S/C11H16N2O2S.2ClH/c1-15-11(14)10(9-2-7-16-8-9)13-5-3-12-4-6-13;;/h2,7-8,10,12H,3-6H2,1H3;2*1H. The topological polar surface area (TPSA) is 41.6 Å². The fourth-order valence-corrected chi connectivity index (χ4v) is 2.66. The van der Waals surface area contributed by atoms with Crippen molar-refractivity contribution in [2.45, 2.75) is 6.04 Å². The number of hydrogen-bond donors (Lipinski definition) is 1. The smallest absolute Gasteiger partial charge is 0.327 e. The number of carbonyl (C=O) groups is 1. The van der Waals surface area contributed by atoms with E-state index >= 15 is 0 Å². The zero-order valence-electron chi connectivity index (χ0n) is 10.1. The van der Waals surface area contributed by atoms with Crippen LogP contribution in [-0.2, 0) is 9.53 Å². The highest BCUT2D eigenvalue weighted by atomic mass is 35.5. The fraction of sp³-hybridized carbons (Fsp3) is 0.545. The van der Waals surface area contributed by atoms with Crippen LogP contribution in [0.1, 0.15) is 11.6 Å². The Balaban J connectivity index is 0.00000144. The quantitative estimate of drug-likeness (QED) is 0.863. The molecule has 2 rings (SSSR count). The molecule has 0 spiro atoms. The van der Waals surface area contributed by atoms with Crippen molar-refractivity contribution < 1.29 is 9.53 Å². The van der Waals surface area contributed by atoms with Crippen LogP contribution in [0.3, 0.4) is 0 Å². The van der Waals surface area contributed by atoms with Crippen molar-refractivity contribution >= 4 is 42.1 Å². The molecule has 1 aromatic heterocycles. The summed E-state index contributed by atoms with van der Waals surface area (Å²) in [4.78, 5) is 14.0. The second-order valence-electron chi connectivity index (χ2n) is 3.77. The lowest BCUT2D eigenvalue weighted by atomic mass is 10.1. The number of halogens is 2. The van der Waals surface area contributed by atoms with Gasteiger partial charge in [-0.05, 0) is 22.4 Å². The van der Waals surface area contributed by atoms with E-state index in [1.807, 2.05) is 16.8 Å². The molecule has 0 saturated carbocycles. The van der Waals surface area contributed by atoms with E-state index in [0.717, 1.165) is 31.7 Å². The van der Waals surface area contributed by atoms with Gasteiger partial charge in [0.05, 0.1) is 7.11 Å². The van der Waals surface area contributed by atoms with Crippen molar-refractivity contribution in [2.75, 3.05) is 33.3 Å². The average molecular weight is 313 g/mol. The molecule has 4 nitrogen and oxygen atoms in total. The van der Waals surface area contributed by atoms with Gasteiger partial charge in [0.1, 0.15) is 6.04 Å². The van der Waals surface area contributed by atoms with E-state index in [1.165, 1.54) is 7.11 Å². The number of esters is 1.